The third-order valence-corrected chi connectivity index (χ3v) is 7.07. The summed E-state index contributed by atoms with van der Waals surface area (Å²) >= 11 is 0. The molecule has 0 atom stereocenters. The number of hydrogen-bond acceptors (Lipinski definition) is 11. The van der Waals surface area contributed by atoms with Crippen LogP contribution in [0, 0.1) is 10.8 Å². The maximum atomic E-state index is 13.4. The van der Waals surface area contributed by atoms with E-state index in [9.17, 15) is 24.0 Å². The molecule has 0 unspecified atom stereocenters. The van der Waals surface area contributed by atoms with Crippen molar-refractivity contribution < 1.29 is 52.4 Å². The number of ether oxygens (including phenoxy) is 6. The topological polar surface area (TPSA) is 141 Å². The van der Waals surface area contributed by atoms with Crippen molar-refractivity contribution in [3.05, 3.63) is 82.4 Å². The molecule has 5 rings (SSSR count). The fourth-order valence-corrected chi connectivity index (χ4v) is 4.74. The molecule has 2 heterocycles. The molecule has 2 aliphatic heterocycles. The quantitative estimate of drug-likeness (QED) is 0.181. The molecule has 0 aromatic heterocycles. The number of fused-ring (bicyclic) bond motifs is 6. The molecule has 0 N–H and O–H groups in total. The SMILES string of the molecule is CCOC(=O)OC(=O)c1ccc2c(c1)C1(OC2=O)c2ccc(OC(=O)C(C)(C)C)cc2Oc2cc(OC(=O)C(C)(C)C)ccc21. The van der Waals surface area contributed by atoms with E-state index in [1.54, 1.807) is 72.7 Å². The second-order valence-corrected chi connectivity index (χ2v) is 12.6. The van der Waals surface area contributed by atoms with E-state index in [1.165, 1.54) is 30.3 Å². The average molecular weight is 617 g/mol. The molecule has 11 nitrogen and oxygen atoms in total. The Kier molecular flexibility index (Phi) is 7.68. The number of benzene rings is 3. The van der Waals surface area contributed by atoms with Gasteiger partial charge in [-0.3, -0.25) is 9.59 Å². The van der Waals surface area contributed by atoms with E-state index < -0.39 is 46.5 Å². The number of carbonyl (C=O) groups is 5. The van der Waals surface area contributed by atoms with E-state index in [-0.39, 0.29) is 46.3 Å². The van der Waals surface area contributed by atoms with Crippen LogP contribution in [0.3, 0.4) is 0 Å². The second-order valence-electron chi connectivity index (χ2n) is 12.6. The lowest BCUT2D eigenvalue weighted by Gasteiger charge is -2.36. The van der Waals surface area contributed by atoms with E-state index in [4.69, 9.17) is 28.4 Å². The summed E-state index contributed by atoms with van der Waals surface area (Å²) in [7, 11) is 0. The van der Waals surface area contributed by atoms with E-state index in [2.05, 4.69) is 0 Å². The molecular weight excluding hydrogens is 584 g/mol. The zero-order valence-corrected chi connectivity index (χ0v) is 25.9. The minimum Gasteiger partial charge on any atom is -0.456 e. The normalized spacial score (nSPS) is 14.2. The van der Waals surface area contributed by atoms with Gasteiger partial charge in [-0.1, -0.05) is 0 Å². The first kappa shape index (κ1) is 31.2. The van der Waals surface area contributed by atoms with Crippen molar-refractivity contribution in [3.8, 4) is 23.0 Å². The molecular formula is C34H32O11. The van der Waals surface area contributed by atoms with Crippen molar-refractivity contribution in [2.24, 2.45) is 10.8 Å². The summed E-state index contributed by atoms with van der Waals surface area (Å²) in [4.78, 5) is 63.4. The van der Waals surface area contributed by atoms with Gasteiger partial charge in [0.1, 0.15) is 23.0 Å². The molecule has 2 aliphatic rings. The molecule has 1 spiro atoms. The van der Waals surface area contributed by atoms with Crippen molar-refractivity contribution in [1.82, 2.24) is 0 Å². The number of esters is 4. The van der Waals surface area contributed by atoms with Gasteiger partial charge in [-0.05, 0) is 90.9 Å². The molecule has 0 saturated heterocycles. The molecule has 0 radical (unpaired) electrons. The molecule has 45 heavy (non-hydrogen) atoms. The largest absolute Gasteiger partial charge is 0.516 e. The third kappa shape index (κ3) is 5.73. The van der Waals surface area contributed by atoms with Gasteiger partial charge in [-0.25, -0.2) is 14.4 Å². The zero-order valence-electron chi connectivity index (χ0n) is 25.9. The van der Waals surface area contributed by atoms with Gasteiger partial charge in [0.25, 0.3) is 0 Å². The highest BCUT2D eigenvalue weighted by Crippen LogP contribution is 2.57. The molecule has 11 heteroatoms. The summed E-state index contributed by atoms with van der Waals surface area (Å²) < 4.78 is 33.1. The predicted molar refractivity (Wildman–Crippen MR) is 157 cm³/mol. The van der Waals surface area contributed by atoms with Gasteiger partial charge in [-0.2, -0.15) is 0 Å². The van der Waals surface area contributed by atoms with Gasteiger partial charge in [-0.15, -0.1) is 0 Å². The molecule has 3 aromatic carbocycles. The monoisotopic (exact) mass is 616 g/mol. The second kappa shape index (κ2) is 11.1. The van der Waals surface area contributed by atoms with Crippen LogP contribution in [0.15, 0.2) is 54.6 Å². The summed E-state index contributed by atoms with van der Waals surface area (Å²) in [6, 6.07) is 13.4. The van der Waals surface area contributed by atoms with E-state index in [1.807, 2.05) is 0 Å². The van der Waals surface area contributed by atoms with E-state index >= 15 is 0 Å². The van der Waals surface area contributed by atoms with Crippen LogP contribution in [0.4, 0.5) is 4.79 Å². The highest BCUT2D eigenvalue weighted by Gasteiger charge is 2.54. The molecule has 0 saturated carbocycles. The maximum absolute atomic E-state index is 13.4. The van der Waals surface area contributed by atoms with Crippen molar-refractivity contribution >= 4 is 30.0 Å². The van der Waals surface area contributed by atoms with Crippen LogP contribution >= 0.6 is 0 Å². The van der Waals surface area contributed by atoms with Crippen molar-refractivity contribution in [3.63, 3.8) is 0 Å². The van der Waals surface area contributed by atoms with E-state index in [0.717, 1.165) is 0 Å². The van der Waals surface area contributed by atoms with Crippen molar-refractivity contribution in [2.45, 2.75) is 54.1 Å². The van der Waals surface area contributed by atoms with Gasteiger partial charge in [0.2, 0.25) is 0 Å². The smallest absolute Gasteiger partial charge is 0.456 e. The predicted octanol–water partition coefficient (Wildman–Crippen LogP) is 6.47. The Hall–Kier alpha value is -5.19. The van der Waals surface area contributed by atoms with Gasteiger partial charge < -0.3 is 28.4 Å². The third-order valence-electron chi connectivity index (χ3n) is 7.07. The molecule has 0 bridgehead atoms. The summed E-state index contributed by atoms with van der Waals surface area (Å²) in [5, 5.41) is 0. The number of hydrogen-bond donors (Lipinski definition) is 0. The molecule has 0 aliphatic carbocycles. The van der Waals surface area contributed by atoms with Crippen LogP contribution in [0.1, 0.15) is 85.9 Å². The first-order valence-corrected chi connectivity index (χ1v) is 14.2. The number of rotatable bonds is 4. The van der Waals surface area contributed by atoms with Crippen LogP contribution in [0.2, 0.25) is 0 Å². The lowest BCUT2D eigenvalue weighted by Crippen LogP contribution is -2.33. The summed E-state index contributed by atoms with van der Waals surface area (Å²) in [5.41, 5.74) is -2.09. The first-order chi connectivity index (χ1) is 21.0. The lowest BCUT2D eigenvalue weighted by molar-refractivity contribution is -0.143. The Balaban J connectivity index is 1.67. The Bertz CT molecular complexity index is 1680. The van der Waals surface area contributed by atoms with Gasteiger partial charge in [0, 0.05) is 28.8 Å². The summed E-state index contributed by atoms with van der Waals surface area (Å²) in [6.07, 6.45) is -1.17. The average Bonchev–Trinajstić information content (AvgIpc) is 3.23. The Morgan fingerprint density at radius 2 is 1.27 bits per heavy atom. The molecule has 234 valence electrons. The lowest BCUT2D eigenvalue weighted by atomic mass is 9.77. The van der Waals surface area contributed by atoms with Crippen LogP contribution in [-0.4, -0.2) is 36.6 Å². The standard InChI is InChI=1S/C34H32O11/c1-8-40-31(39)44-27(35)18-9-12-21-24(15-18)34(45-28(21)36)22-13-10-19(41-29(37)32(2,3)4)16-25(22)43-26-17-20(11-14-23(26)34)42-30(38)33(5,6)7/h9-17H,8H2,1-7H3. The van der Waals surface area contributed by atoms with Crippen LogP contribution < -0.4 is 14.2 Å². The Labute approximate surface area is 259 Å². The highest BCUT2D eigenvalue weighted by atomic mass is 16.7. The fraction of sp³-hybridized carbons (Fsp3) is 0.324. The van der Waals surface area contributed by atoms with Crippen LogP contribution in [0.5, 0.6) is 23.0 Å². The van der Waals surface area contributed by atoms with E-state index in [0.29, 0.717) is 11.1 Å². The summed E-state index contributed by atoms with van der Waals surface area (Å²) in [5.74, 6) is -1.91. The molecule has 0 fully saturated rings. The number of carbonyl (C=O) groups excluding carboxylic acids is 5. The minimum atomic E-state index is -1.64. The minimum absolute atomic E-state index is 0.00935. The fourth-order valence-electron chi connectivity index (χ4n) is 4.74. The zero-order chi connectivity index (χ0) is 32.9. The Morgan fingerprint density at radius 3 is 1.76 bits per heavy atom. The highest BCUT2D eigenvalue weighted by molar-refractivity contribution is 6.01. The van der Waals surface area contributed by atoms with Gasteiger partial charge in [0.15, 0.2) is 5.60 Å². The van der Waals surface area contributed by atoms with Gasteiger partial charge in [0.05, 0.1) is 28.6 Å². The van der Waals surface area contributed by atoms with Crippen LogP contribution in [-0.2, 0) is 29.4 Å². The van der Waals surface area contributed by atoms with Gasteiger partial charge >= 0.3 is 30.0 Å². The van der Waals surface area contributed by atoms with Crippen LogP contribution in [0.25, 0.3) is 0 Å². The Morgan fingerprint density at radius 1 is 0.733 bits per heavy atom. The maximum Gasteiger partial charge on any atom is 0.516 e. The first-order valence-electron chi connectivity index (χ1n) is 14.2. The molecule has 0 amide bonds. The summed E-state index contributed by atoms with van der Waals surface area (Å²) in [6.45, 7) is 11.9. The van der Waals surface area contributed by atoms with Crippen molar-refractivity contribution in [2.75, 3.05) is 6.61 Å². The van der Waals surface area contributed by atoms with Crippen molar-refractivity contribution in [1.29, 1.82) is 0 Å². The molecule has 3 aromatic rings.